The van der Waals surface area contributed by atoms with Gasteiger partial charge in [-0.05, 0) is 48.5 Å². The lowest BCUT2D eigenvalue weighted by Gasteiger charge is -2.39. The second-order valence-corrected chi connectivity index (χ2v) is 13.9. The van der Waals surface area contributed by atoms with Crippen molar-refractivity contribution in [3.63, 3.8) is 0 Å². The first kappa shape index (κ1) is 21.3. The Kier molecular flexibility index (Phi) is 6.00. The molecule has 0 saturated carbocycles. The molecule has 0 spiro atoms. The Balaban J connectivity index is 1.76. The van der Waals surface area contributed by atoms with Crippen molar-refractivity contribution in [2.45, 2.75) is 64.5 Å². The van der Waals surface area contributed by atoms with Crippen molar-refractivity contribution in [3.05, 3.63) is 54.7 Å². The molecule has 0 aliphatic rings. The Labute approximate surface area is 173 Å². The molecule has 1 atom stereocenters. The molecule has 156 valence electrons. The average Bonchev–Trinajstić information content (AvgIpc) is 3.27. The van der Waals surface area contributed by atoms with Gasteiger partial charge in [-0.1, -0.05) is 39.0 Å². The summed E-state index contributed by atoms with van der Waals surface area (Å²) >= 11 is 0. The van der Waals surface area contributed by atoms with Gasteiger partial charge >= 0.3 is 0 Å². The van der Waals surface area contributed by atoms with Crippen LogP contribution < -0.4 is 5.73 Å². The summed E-state index contributed by atoms with van der Waals surface area (Å²) in [5.74, 6) is -0.520. The van der Waals surface area contributed by atoms with Crippen LogP contribution in [0.4, 0.5) is 0 Å². The third-order valence-electron chi connectivity index (χ3n) is 5.95. The summed E-state index contributed by atoms with van der Waals surface area (Å²) in [5.41, 5.74) is 6.90. The highest BCUT2D eigenvalue weighted by atomic mass is 28.4. The molecular formula is C22H32N4O2Si. The minimum Gasteiger partial charge on any atom is -0.397 e. The van der Waals surface area contributed by atoms with Crippen LogP contribution in [-0.2, 0) is 11.0 Å². The van der Waals surface area contributed by atoms with Crippen molar-refractivity contribution >= 4 is 25.1 Å². The molecule has 1 aromatic carbocycles. The third kappa shape index (κ3) is 4.79. The molecule has 3 aromatic rings. The van der Waals surface area contributed by atoms with Gasteiger partial charge in [-0.3, -0.25) is 4.79 Å². The molecule has 29 heavy (non-hydrogen) atoms. The first-order chi connectivity index (χ1) is 13.6. The molecule has 2 aromatic heterocycles. The molecular weight excluding hydrogens is 380 g/mol. The molecule has 0 saturated heterocycles. The van der Waals surface area contributed by atoms with Gasteiger partial charge in [0.05, 0.1) is 6.33 Å². The summed E-state index contributed by atoms with van der Waals surface area (Å²) in [6.07, 6.45) is 7.10. The number of hydrogen-bond acceptors (Lipinski definition) is 3. The van der Waals surface area contributed by atoms with Crippen molar-refractivity contribution < 1.29 is 9.22 Å². The summed E-state index contributed by atoms with van der Waals surface area (Å²) in [7, 11) is -2.00. The van der Waals surface area contributed by atoms with Gasteiger partial charge in [0.25, 0.3) is 5.91 Å². The molecule has 6 nitrogen and oxygen atoms in total. The number of primary amides is 1. The Bertz CT molecular complexity index is 984. The van der Waals surface area contributed by atoms with E-state index in [4.69, 9.17) is 10.2 Å². The highest BCUT2D eigenvalue weighted by molar-refractivity contribution is 6.74. The van der Waals surface area contributed by atoms with Gasteiger partial charge in [0.2, 0.25) is 0 Å². The standard InChI is InChI=1S/C22H32N4O2Si/c1-22(2,3)29(4,5)28-20(26-15-18(21(23)27)24-16-26)11-8-13-25-14-12-17-9-6-7-10-19(17)25/h6-7,9-10,12,14-16,20H,8,11,13H2,1-5H3,(H2,23,27)/t20-/m1/s1. The monoisotopic (exact) mass is 412 g/mol. The SMILES string of the molecule is CC(C)(C)[Si](C)(C)O[C@H](CCCn1ccc2ccccc21)n1cnc(C(N)=O)c1. The van der Waals surface area contributed by atoms with Crippen LogP contribution in [0, 0.1) is 0 Å². The molecule has 0 aliphatic carbocycles. The number of carbonyl (C=O) groups excluding carboxylic acids is 1. The number of nitrogens with zero attached hydrogens (tertiary/aromatic N) is 3. The lowest BCUT2D eigenvalue weighted by molar-refractivity contribution is 0.0984. The van der Waals surface area contributed by atoms with Gasteiger partial charge in [-0.25, -0.2) is 4.98 Å². The second kappa shape index (κ2) is 8.16. The van der Waals surface area contributed by atoms with E-state index in [1.165, 1.54) is 10.9 Å². The summed E-state index contributed by atoms with van der Waals surface area (Å²) in [6.45, 7) is 12.1. The van der Waals surface area contributed by atoms with E-state index in [1.54, 1.807) is 12.5 Å². The summed E-state index contributed by atoms with van der Waals surface area (Å²) in [6, 6.07) is 10.6. The van der Waals surface area contributed by atoms with Gasteiger partial charge in [-0.15, -0.1) is 0 Å². The Morgan fingerprint density at radius 3 is 2.62 bits per heavy atom. The number of aromatic nitrogens is 3. The first-order valence-electron chi connectivity index (χ1n) is 10.1. The number of carbonyl (C=O) groups is 1. The van der Waals surface area contributed by atoms with Crippen LogP contribution >= 0.6 is 0 Å². The molecule has 2 heterocycles. The molecule has 2 N–H and O–H groups in total. The Morgan fingerprint density at radius 2 is 1.97 bits per heavy atom. The van der Waals surface area contributed by atoms with Crippen LogP contribution in [0.5, 0.6) is 0 Å². The third-order valence-corrected chi connectivity index (χ3v) is 10.4. The summed E-state index contributed by atoms with van der Waals surface area (Å²) in [4.78, 5) is 15.6. The van der Waals surface area contributed by atoms with E-state index in [9.17, 15) is 4.79 Å². The minimum absolute atomic E-state index is 0.0922. The zero-order valence-corrected chi connectivity index (χ0v) is 19.1. The lowest BCUT2D eigenvalue weighted by Crippen LogP contribution is -2.42. The largest absolute Gasteiger partial charge is 0.397 e. The van der Waals surface area contributed by atoms with Crippen molar-refractivity contribution in [1.82, 2.24) is 14.1 Å². The predicted molar refractivity (Wildman–Crippen MR) is 119 cm³/mol. The Hall–Kier alpha value is -2.38. The number of aryl methyl sites for hydroxylation is 1. The number of benzene rings is 1. The van der Waals surface area contributed by atoms with Crippen molar-refractivity contribution in [1.29, 1.82) is 0 Å². The van der Waals surface area contributed by atoms with Crippen molar-refractivity contribution in [3.8, 4) is 0 Å². The number of para-hydroxylation sites is 1. The van der Waals surface area contributed by atoms with E-state index in [2.05, 4.69) is 79.9 Å². The minimum atomic E-state index is -2.00. The van der Waals surface area contributed by atoms with Crippen molar-refractivity contribution in [2.24, 2.45) is 5.73 Å². The smallest absolute Gasteiger partial charge is 0.268 e. The fourth-order valence-electron chi connectivity index (χ4n) is 3.18. The molecule has 0 radical (unpaired) electrons. The number of amides is 1. The Morgan fingerprint density at radius 1 is 1.24 bits per heavy atom. The fraction of sp³-hybridized carbons (Fsp3) is 0.455. The number of imidazole rings is 1. The second-order valence-electron chi connectivity index (χ2n) is 9.11. The van der Waals surface area contributed by atoms with Gasteiger partial charge in [0.15, 0.2) is 8.32 Å². The number of nitrogens with two attached hydrogens (primary N) is 1. The maximum absolute atomic E-state index is 11.5. The molecule has 0 fully saturated rings. The van der Waals surface area contributed by atoms with Crippen LogP contribution in [0.2, 0.25) is 18.1 Å². The molecule has 0 bridgehead atoms. The molecule has 1 amide bonds. The predicted octanol–water partition coefficient (Wildman–Crippen LogP) is 4.94. The number of rotatable bonds is 8. The van der Waals surface area contributed by atoms with Crippen LogP contribution in [0.15, 0.2) is 49.1 Å². The number of fused-ring (bicyclic) bond motifs is 1. The zero-order chi connectivity index (χ0) is 21.2. The quantitative estimate of drug-likeness (QED) is 0.533. The molecule has 0 unspecified atom stereocenters. The molecule has 7 heteroatoms. The maximum Gasteiger partial charge on any atom is 0.268 e. The van der Waals surface area contributed by atoms with Gasteiger partial charge < -0.3 is 19.3 Å². The highest BCUT2D eigenvalue weighted by Crippen LogP contribution is 2.39. The average molecular weight is 413 g/mol. The van der Waals surface area contributed by atoms with E-state index in [-0.39, 0.29) is 17.0 Å². The first-order valence-corrected chi connectivity index (χ1v) is 13.0. The molecule has 0 aliphatic heterocycles. The van der Waals surface area contributed by atoms with Crippen LogP contribution in [0.1, 0.15) is 50.3 Å². The van der Waals surface area contributed by atoms with Gasteiger partial charge in [0.1, 0.15) is 11.9 Å². The highest BCUT2D eigenvalue weighted by Gasteiger charge is 2.39. The normalized spacial score (nSPS) is 13.7. The maximum atomic E-state index is 11.5. The fourth-order valence-corrected chi connectivity index (χ4v) is 4.45. The lowest BCUT2D eigenvalue weighted by atomic mass is 10.2. The van der Waals surface area contributed by atoms with E-state index < -0.39 is 14.2 Å². The zero-order valence-electron chi connectivity index (χ0n) is 18.1. The van der Waals surface area contributed by atoms with Gasteiger partial charge in [0, 0.05) is 24.5 Å². The van der Waals surface area contributed by atoms with Crippen LogP contribution in [0.25, 0.3) is 10.9 Å². The van der Waals surface area contributed by atoms with E-state index in [1.807, 2.05) is 4.57 Å². The van der Waals surface area contributed by atoms with E-state index in [0.29, 0.717) is 0 Å². The van der Waals surface area contributed by atoms with E-state index in [0.717, 1.165) is 19.4 Å². The topological polar surface area (TPSA) is 75.1 Å². The van der Waals surface area contributed by atoms with Gasteiger partial charge in [-0.2, -0.15) is 0 Å². The number of hydrogen-bond donors (Lipinski definition) is 1. The van der Waals surface area contributed by atoms with Crippen LogP contribution in [0.3, 0.4) is 0 Å². The summed E-state index contributed by atoms with van der Waals surface area (Å²) < 4.78 is 10.9. The van der Waals surface area contributed by atoms with E-state index >= 15 is 0 Å². The van der Waals surface area contributed by atoms with Crippen molar-refractivity contribution in [2.75, 3.05) is 0 Å². The molecule has 3 rings (SSSR count). The van der Waals surface area contributed by atoms with Crippen LogP contribution in [-0.4, -0.2) is 28.3 Å². The summed E-state index contributed by atoms with van der Waals surface area (Å²) in [5, 5.41) is 1.34.